The summed E-state index contributed by atoms with van der Waals surface area (Å²) in [7, 11) is 0. The van der Waals surface area contributed by atoms with Gasteiger partial charge in [-0.2, -0.15) is 9.61 Å². The predicted octanol–water partition coefficient (Wildman–Crippen LogP) is 4.84. The van der Waals surface area contributed by atoms with E-state index in [2.05, 4.69) is 27.5 Å². The summed E-state index contributed by atoms with van der Waals surface area (Å²) in [6.45, 7) is 6.04. The van der Waals surface area contributed by atoms with Gasteiger partial charge in [-0.3, -0.25) is 4.79 Å². The third kappa shape index (κ3) is 4.33. The summed E-state index contributed by atoms with van der Waals surface area (Å²) in [6.07, 6.45) is 1.94. The van der Waals surface area contributed by atoms with Gasteiger partial charge in [0.25, 0.3) is 5.91 Å². The van der Waals surface area contributed by atoms with Gasteiger partial charge in [0.1, 0.15) is 10.8 Å². The Morgan fingerprint density at radius 3 is 2.50 bits per heavy atom. The minimum absolute atomic E-state index is 0.0970. The van der Waals surface area contributed by atoms with Crippen molar-refractivity contribution in [2.45, 2.75) is 39.7 Å². The highest BCUT2D eigenvalue weighted by molar-refractivity contribution is 7.19. The van der Waals surface area contributed by atoms with Crippen LogP contribution in [-0.4, -0.2) is 31.8 Å². The normalized spacial score (nSPS) is 11.2. The Morgan fingerprint density at radius 1 is 1.10 bits per heavy atom. The van der Waals surface area contributed by atoms with Gasteiger partial charge in [-0.05, 0) is 68.8 Å². The zero-order valence-corrected chi connectivity index (χ0v) is 17.9. The number of benzene rings is 2. The van der Waals surface area contributed by atoms with Crippen molar-refractivity contribution in [2.24, 2.45) is 0 Å². The lowest BCUT2D eigenvalue weighted by molar-refractivity contribution is 0.102. The first-order valence-electron chi connectivity index (χ1n) is 9.93. The molecular formula is C22H23N5O2S. The fourth-order valence-corrected chi connectivity index (χ4v) is 3.87. The summed E-state index contributed by atoms with van der Waals surface area (Å²) in [5.41, 5.74) is 2.27. The van der Waals surface area contributed by atoms with Gasteiger partial charge in [0.2, 0.25) is 4.96 Å². The smallest absolute Gasteiger partial charge is 0.255 e. The summed E-state index contributed by atoms with van der Waals surface area (Å²) in [4.78, 5) is 13.3. The maximum Gasteiger partial charge on any atom is 0.255 e. The SMILES string of the molecule is CCCc1nnc2sc(-c3ccc(NC(=O)c4ccc(OC(C)C)cc4)cc3)nn12. The molecule has 4 aromatic rings. The Bertz CT molecular complexity index is 1150. The van der Waals surface area contributed by atoms with Crippen LogP contribution >= 0.6 is 11.3 Å². The van der Waals surface area contributed by atoms with Crippen molar-refractivity contribution in [1.82, 2.24) is 19.8 Å². The van der Waals surface area contributed by atoms with Gasteiger partial charge in [0.05, 0.1) is 6.10 Å². The van der Waals surface area contributed by atoms with E-state index in [1.165, 1.54) is 11.3 Å². The highest BCUT2D eigenvalue weighted by atomic mass is 32.1. The number of hydrogen-bond donors (Lipinski definition) is 1. The molecule has 0 aliphatic rings. The maximum absolute atomic E-state index is 12.5. The Morgan fingerprint density at radius 2 is 1.83 bits per heavy atom. The van der Waals surface area contributed by atoms with E-state index in [4.69, 9.17) is 4.74 Å². The average molecular weight is 422 g/mol. The third-order valence-corrected chi connectivity index (χ3v) is 5.35. The first-order valence-corrected chi connectivity index (χ1v) is 10.7. The number of hydrogen-bond acceptors (Lipinski definition) is 6. The minimum atomic E-state index is -0.165. The lowest BCUT2D eigenvalue weighted by atomic mass is 10.2. The van der Waals surface area contributed by atoms with Crippen LogP contribution in [0.2, 0.25) is 0 Å². The van der Waals surface area contributed by atoms with Crippen molar-refractivity contribution in [1.29, 1.82) is 0 Å². The molecule has 2 aromatic heterocycles. The highest BCUT2D eigenvalue weighted by Gasteiger charge is 2.13. The van der Waals surface area contributed by atoms with Crippen molar-refractivity contribution in [3.63, 3.8) is 0 Å². The van der Waals surface area contributed by atoms with E-state index in [0.717, 1.165) is 45.6 Å². The van der Waals surface area contributed by atoms with Crippen LogP contribution in [0.5, 0.6) is 5.75 Å². The summed E-state index contributed by atoms with van der Waals surface area (Å²) in [6, 6.07) is 14.8. The third-order valence-electron chi connectivity index (χ3n) is 4.41. The Kier molecular flexibility index (Phi) is 5.76. The molecule has 0 bridgehead atoms. The standard InChI is InChI=1S/C22H23N5O2S/c1-4-5-19-24-25-22-27(19)26-21(30-22)16-6-10-17(11-7-16)23-20(28)15-8-12-18(13-9-15)29-14(2)3/h6-14H,4-5H2,1-3H3,(H,23,28). The Hall–Kier alpha value is -3.26. The van der Waals surface area contributed by atoms with Crippen LogP contribution in [0.1, 0.15) is 43.4 Å². The average Bonchev–Trinajstić information content (AvgIpc) is 3.31. The molecule has 0 aliphatic heterocycles. The number of nitrogens with zero attached hydrogens (tertiary/aromatic N) is 4. The Labute approximate surface area is 178 Å². The van der Waals surface area contributed by atoms with Gasteiger partial charge >= 0.3 is 0 Å². The molecule has 8 heteroatoms. The fraction of sp³-hybridized carbons (Fsp3) is 0.273. The van der Waals surface area contributed by atoms with E-state index >= 15 is 0 Å². The van der Waals surface area contributed by atoms with Crippen molar-refractivity contribution >= 4 is 27.9 Å². The molecule has 7 nitrogen and oxygen atoms in total. The van der Waals surface area contributed by atoms with E-state index < -0.39 is 0 Å². The minimum Gasteiger partial charge on any atom is -0.491 e. The summed E-state index contributed by atoms with van der Waals surface area (Å²) in [5.74, 6) is 1.46. The number of aryl methyl sites for hydroxylation is 1. The van der Waals surface area contributed by atoms with E-state index in [0.29, 0.717) is 5.56 Å². The van der Waals surface area contributed by atoms with Gasteiger partial charge < -0.3 is 10.1 Å². The van der Waals surface area contributed by atoms with Gasteiger partial charge in [-0.25, -0.2) is 0 Å². The van der Waals surface area contributed by atoms with Crippen LogP contribution in [0.4, 0.5) is 5.69 Å². The van der Waals surface area contributed by atoms with Crippen LogP contribution in [0.15, 0.2) is 48.5 Å². The quantitative estimate of drug-likeness (QED) is 0.462. The number of anilines is 1. The molecule has 0 saturated carbocycles. The molecular weight excluding hydrogens is 398 g/mol. The molecule has 1 amide bonds. The van der Waals surface area contributed by atoms with Crippen molar-refractivity contribution in [3.8, 4) is 16.3 Å². The maximum atomic E-state index is 12.5. The number of aromatic nitrogens is 4. The van der Waals surface area contributed by atoms with Gasteiger partial charge in [0, 0.05) is 23.2 Å². The molecule has 0 spiro atoms. The second-order valence-electron chi connectivity index (χ2n) is 7.19. The van der Waals surface area contributed by atoms with Gasteiger partial charge in [0.15, 0.2) is 5.82 Å². The highest BCUT2D eigenvalue weighted by Crippen LogP contribution is 2.27. The predicted molar refractivity (Wildman–Crippen MR) is 118 cm³/mol. The number of amides is 1. The molecule has 0 radical (unpaired) electrons. The second-order valence-corrected chi connectivity index (χ2v) is 8.15. The van der Waals surface area contributed by atoms with Crippen LogP contribution in [0.25, 0.3) is 15.5 Å². The van der Waals surface area contributed by atoms with Gasteiger partial charge in [-0.1, -0.05) is 18.3 Å². The number of nitrogens with one attached hydrogen (secondary N) is 1. The summed E-state index contributed by atoms with van der Waals surface area (Å²) >= 11 is 1.50. The molecule has 4 rings (SSSR count). The molecule has 2 aromatic carbocycles. The van der Waals surface area contributed by atoms with Crippen LogP contribution in [-0.2, 0) is 6.42 Å². The zero-order chi connectivity index (χ0) is 21.1. The first kappa shape index (κ1) is 20.0. The van der Waals surface area contributed by atoms with E-state index in [1.54, 1.807) is 24.3 Å². The number of carbonyl (C=O) groups excluding carboxylic acids is 1. The molecule has 154 valence electrons. The molecule has 1 N–H and O–H groups in total. The molecule has 0 unspecified atom stereocenters. The summed E-state index contributed by atoms with van der Waals surface area (Å²) < 4.78 is 7.42. The first-order chi connectivity index (χ1) is 14.5. The fourth-order valence-electron chi connectivity index (χ4n) is 3.01. The van der Waals surface area contributed by atoms with E-state index in [9.17, 15) is 4.79 Å². The lowest BCUT2D eigenvalue weighted by Crippen LogP contribution is -2.12. The van der Waals surface area contributed by atoms with Crippen molar-refractivity contribution < 1.29 is 9.53 Å². The van der Waals surface area contributed by atoms with Crippen molar-refractivity contribution in [3.05, 3.63) is 59.9 Å². The van der Waals surface area contributed by atoms with Gasteiger partial charge in [-0.15, -0.1) is 10.2 Å². The monoisotopic (exact) mass is 421 g/mol. The van der Waals surface area contributed by atoms with Crippen LogP contribution in [0, 0.1) is 0 Å². The number of carbonyl (C=O) groups is 1. The van der Waals surface area contributed by atoms with Crippen LogP contribution in [0.3, 0.4) is 0 Å². The van der Waals surface area contributed by atoms with E-state index in [-0.39, 0.29) is 12.0 Å². The molecule has 2 heterocycles. The molecule has 0 aliphatic carbocycles. The summed E-state index contributed by atoms with van der Waals surface area (Å²) in [5, 5.41) is 16.8. The van der Waals surface area contributed by atoms with Crippen molar-refractivity contribution in [2.75, 3.05) is 5.32 Å². The molecule has 0 saturated heterocycles. The van der Waals surface area contributed by atoms with Crippen LogP contribution < -0.4 is 10.1 Å². The molecule has 0 fully saturated rings. The molecule has 30 heavy (non-hydrogen) atoms. The van der Waals surface area contributed by atoms with E-state index in [1.807, 2.05) is 42.6 Å². The topological polar surface area (TPSA) is 81.4 Å². The number of rotatable bonds is 7. The molecule has 0 atom stereocenters. The lowest BCUT2D eigenvalue weighted by Gasteiger charge is -2.10. The zero-order valence-electron chi connectivity index (χ0n) is 17.1. The largest absolute Gasteiger partial charge is 0.491 e. The number of fused-ring (bicyclic) bond motifs is 1. The Balaban J connectivity index is 1.45. The second kappa shape index (κ2) is 8.62. The number of ether oxygens (including phenoxy) is 1.